The van der Waals surface area contributed by atoms with Crippen LogP contribution in [0.2, 0.25) is 0 Å². The second-order valence-electron chi connectivity index (χ2n) is 3.19. The summed E-state index contributed by atoms with van der Waals surface area (Å²) in [4.78, 5) is 3.98. The molecule has 14 heavy (non-hydrogen) atoms. The number of benzene rings is 1. The van der Waals surface area contributed by atoms with Gasteiger partial charge in [0, 0.05) is 17.1 Å². The van der Waals surface area contributed by atoms with E-state index < -0.39 is 0 Å². The molecule has 1 aromatic heterocycles. The van der Waals surface area contributed by atoms with Crippen molar-refractivity contribution in [2.45, 2.75) is 13.8 Å². The molecule has 0 aliphatic heterocycles. The zero-order valence-electron chi connectivity index (χ0n) is 8.26. The van der Waals surface area contributed by atoms with Crippen LogP contribution in [0.15, 0.2) is 24.4 Å². The summed E-state index contributed by atoms with van der Waals surface area (Å²) in [6.45, 7) is 3.92. The van der Waals surface area contributed by atoms with E-state index in [1.807, 2.05) is 19.1 Å². The van der Waals surface area contributed by atoms with Gasteiger partial charge in [-0.2, -0.15) is 0 Å². The Morgan fingerprint density at radius 2 is 2.21 bits per heavy atom. The van der Waals surface area contributed by atoms with E-state index in [0.29, 0.717) is 0 Å². The quantitative estimate of drug-likeness (QED) is 0.568. The van der Waals surface area contributed by atoms with Gasteiger partial charge in [-0.3, -0.25) is 4.98 Å². The third-order valence-corrected chi connectivity index (χ3v) is 2.16. The van der Waals surface area contributed by atoms with Crippen molar-refractivity contribution in [3.8, 4) is 11.8 Å². The predicted molar refractivity (Wildman–Crippen MR) is 57.9 cm³/mol. The number of nitrogens with zero attached hydrogens (tertiary/aromatic N) is 1. The normalized spacial score (nSPS) is 9.57. The maximum atomic E-state index is 3.98. The lowest BCUT2D eigenvalue weighted by Gasteiger charge is -2.01. The lowest BCUT2D eigenvalue weighted by atomic mass is 10.0. The van der Waals surface area contributed by atoms with Crippen LogP contribution < -0.4 is 0 Å². The molecule has 1 heterocycles. The molecule has 0 N–H and O–H groups in total. The van der Waals surface area contributed by atoms with E-state index in [-0.39, 0.29) is 0 Å². The van der Waals surface area contributed by atoms with Crippen molar-refractivity contribution < 1.29 is 0 Å². The van der Waals surface area contributed by atoms with Gasteiger partial charge in [0.25, 0.3) is 0 Å². The Morgan fingerprint density at radius 3 is 3.00 bits per heavy atom. The van der Waals surface area contributed by atoms with Gasteiger partial charge in [0.2, 0.25) is 0 Å². The molecule has 1 heteroatoms. The van der Waals surface area contributed by atoms with Gasteiger partial charge in [0.05, 0.1) is 6.20 Å². The summed E-state index contributed by atoms with van der Waals surface area (Å²) in [7, 11) is 0. The van der Waals surface area contributed by atoms with E-state index in [9.17, 15) is 0 Å². The van der Waals surface area contributed by atoms with Crippen molar-refractivity contribution in [3.63, 3.8) is 0 Å². The Bertz CT molecular complexity index is 530. The minimum absolute atomic E-state index is 1.03. The number of hydrogen-bond acceptors (Lipinski definition) is 1. The number of fused-ring (bicyclic) bond motifs is 1. The van der Waals surface area contributed by atoms with Crippen LogP contribution in [0.3, 0.4) is 0 Å². The first-order valence-electron chi connectivity index (χ1n) is 4.51. The highest BCUT2D eigenvalue weighted by Gasteiger charge is 1.98. The molecule has 0 unspecified atom stereocenters. The number of rotatable bonds is 0. The second-order valence-corrected chi connectivity index (χ2v) is 3.19. The van der Waals surface area contributed by atoms with Crippen molar-refractivity contribution in [1.29, 1.82) is 0 Å². The van der Waals surface area contributed by atoms with E-state index in [0.717, 1.165) is 10.9 Å². The lowest BCUT2D eigenvalue weighted by Crippen LogP contribution is -1.83. The molecule has 0 saturated carbocycles. The average molecular weight is 180 g/mol. The molecule has 1 radical (unpaired) electrons. The van der Waals surface area contributed by atoms with Crippen molar-refractivity contribution in [2.75, 3.05) is 0 Å². The molecule has 67 valence electrons. The smallest absolute Gasteiger partial charge is 0.0971 e. The van der Waals surface area contributed by atoms with E-state index in [2.05, 4.69) is 36.0 Å². The summed E-state index contributed by atoms with van der Waals surface area (Å²) in [5, 5.41) is 2.23. The minimum Gasteiger partial charge on any atom is -0.254 e. The highest BCUT2D eigenvalue weighted by Crippen LogP contribution is 2.18. The highest BCUT2D eigenvalue weighted by molar-refractivity contribution is 5.85. The van der Waals surface area contributed by atoms with Crippen LogP contribution in [0.25, 0.3) is 10.8 Å². The van der Waals surface area contributed by atoms with Gasteiger partial charge in [-0.1, -0.05) is 5.92 Å². The molecule has 2 rings (SSSR count). The topological polar surface area (TPSA) is 12.9 Å². The molecule has 0 fully saturated rings. The van der Waals surface area contributed by atoms with Crippen molar-refractivity contribution in [2.24, 2.45) is 0 Å². The fraction of sp³-hybridized carbons (Fsp3) is 0.154. The third kappa shape index (κ3) is 1.47. The van der Waals surface area contributed by atoms with Gasteiger partial charge in [-0.25, -0.2) is 0 Å². The first-order chi connectivity index (χ1) is 6.81. The van der Waals surface area contributed by atoms with Crippen LogP contribution >= 0.6 is 0 Å². The fourth-order valence-electron chi connectivity index (χ4n) is 1.55. The Morgan fingerprint density at radius 1 is 1.36 bits per heavy atom. The number of pyridine rings is 1. The minimum atomic E-state index is 1.03. The molecule has 0 atom stereocenters. The molecule has 0 aliphatic carbocycles. The predicted octanol–water partition coefficient (Wildman–Crippen LogP) is 2.71. The SMILES string of the molecule is CC#Cc1cc(C)c2ccn[c]c2c1. The van der Waals surface area contributed by atoms with Crippen LogP contribution in [0.1, 0.15) is 18.1 Å². The number of aryl methyl sites for hydroxylation is 1. The second kappa shape index (κ2) is 3.51. The van der Waals surface area contributed by atoms with Crippen LogP contribution in [0.5, 0.6) is 0 Å². The van der Waals surface area contributed by atoms with Gasteiger partial charge >= 0.3 is 0 Å². The summed E-state index contributed by atoms with van der Waals surface area (Å²) in [6, 6.07) is 6.11. The highest BCUT2D eigenvalue weighted by atomic mass is 14.6. The van der Waals surface area contributed by atoms with Gasteiger partial charge in [-0.05, 0) is 43.0 Å². The van der Waals surface area contributed by atoms with Crippen LogP contribution in [-0.4, -0.2) is 4.98 Å². The standard InChI is InChI=1S/C13H10N/c1-3-4-11-7-10(2)13-5-6-14-9-12(13)8-11/h5-8H,1-2H3. The summed E-state index contributed by atoms with van der Waals surface area (Å²) in [6.07, 6.45) is 4.74. The summed E-state index contributed by atoms with van der Waals surface area (Å²) in [5.74, 6) is 5.93. The molecule has 1 aromatic carbocycles. The van der Waals surface area contributed by atoms with Crippen LogP contribution in [0.4, 0.5) is 0 Å². The maximum absolute atomic E-state index is 3.98. The maximum Gasteiger partial charge on any atom is 0.0971 e. The van der Waals surface area contributed by atoms with Crippen molar-refractivity contribution >= 4 is 10.8 Å². The summed E-state index contributed by atoms with van der Waals surface area (Å²) < 4.78 is 0. The first kappa shape index (κ1) is 8.77. The van der Waals surface area contributed by atoms with E-state index in [1.54, 1.807) is 6.20 Å². The van der Waals surface area contributed by atoms with E-state index in [4.69, 9.17) is 0 Å². The third-order valence-electron chi connectivity index (χ3n) is 2.16. The lowest BCUT2D eigenvalue weighted by molar-refractivity contribution is 1.34. The molecule has 0 amide bonds. The summed E-state index contributed by atoms with van der Waals surface area (Å²) >= 11 is 0. The monoisotopic (exact) mass is 180 g/mol. The molecular formula is C13H10N. The zero-order chi connectivity index (χ0) is 9.97. The van der Waals surface area contributed by atoms with E-state index >= 15 is 0 Å². The molecular weight excluding hydrogens is 170 g/mol. The Kier molecular flexibility index (Phi) is 2.20. The zero-order valence-corrected chi connectivity index (χ0v) is 8.26. The molecule has 0 spiro atoms. The number of hydrogen-bond donors (Lipinski definition) is 0. The molecule has 0 saturated heterocycles. The van der Waals surface area contributed by atoms with E-state index in [1.165, 1.54) is 10.9 Å². The van der Waals surface area contributed by atoms with Gasteiger partial charge < -0.3 is 0 Å². The fourth-order valence-corrected chi connectivity index (χ4v) is 1.55. The largest absolute Gasteiger partial charge is 0.254 e. The molecule has 2 aromatic rings. The Labute approximate surface area is 83.8 Å². The van der Waals surface area contributed by atoms with Gasteiger partial charge in [0.1, 0.15) is 0 Å². The number of aromatic nitrogens is 1. The van der Waals surface area contributed by atoms with Crippen molar-refractivity contribution in [3.05, 3.63) is 41.7 Å². The average Bonchev–Trinajstić information content (AvgIpc) is 2.18. The van der Waals surface area contributed by atoms with Crippen molar-refractivity contribution in [1.82, 2.24) is 4.98 Å². The van der Waals surface area contributed by atoms with Gasteiger partial charge in [-0.15, -0.1) is 5.92 Å². The Balaban J connectivity index is 2.76. The Hall–Kier alpha value is -1.81. The first-order valence-corrected chi connectivity index (χ1v) is 4.51. The molecule has 0 aliphatic rings. The molecule has 1 nitrogen and oxygen atoms in total. The summed E-state index contributed by atoms with van der Waals surface area (Å²) in [5.41, 5.74) is 2.25. The van der Waals surface area contributed by atoms with Gasteiger partial charge in [0.15, 0.2) is 0 Å². The van der Waals surface area contributed by atoms with Crippen LogP contribution in [0, 0.1) is 25.0 Å². The molecule has 0 bridgehead atoms. The van der Waals surface area contributed by atoms with Crippen LogP contribution in [-0.2, 0) is 0 Å².